The first-order valence-electron chi connectivity index (χ1n) is 5.23. The van der Waals surface area contributed by atoms with Gasteiger partial charge in [0.2, 0.25) is 0 Å². The van der Waals surface area contributed by atoms with Crippen molar-refractivity contribution in [2.45, 2.75) is 11.5 Å². The van der Waals surface area contributed by atoms with Gasteiger partial charge in [-0.3, -0.25) is 0 Å². The Labute approximate surface area is 107 Å². The van der Waals surface area contributed by atoms with Crippen LogP contribution in [-0.4, -0.2) is 8.76 Å². The average Bonchev–Trinajstić information content (AvgIpc) is 2.38. The highest BCUT2D eigenvalue weighted by molar-refractivity contribution is 7.79. The van der Waals surface area contributed by atoms with Crippen LogP contribution in [0.5, 0.6) is 5.75 Å². The molecule has 0 amide bonds. The van der Waals surface area contributed by atoms with E-state index in [0.717, 1.165) is 5.56 Å². The van der Waals surface area contributed by atoms with E-state index < -0.39 is 11.1 Å². The Hall–Kier alpha value is -1.72. The molecule has 2 aromatic carbocycles. The van der Waals surface area contributed by atoms with Gasteiger partial charge in [-0.15, -0.1) is 0 Å². The lowest BCUT2D eigenvalue weighted by Crippen LogP contribution is -1.96. The van der Waals surface area contributed by atoms with Gasteiger partial charge in [-0.2, -0.15) is 0 Å². The summed E-state index contributed by atoms with van der Waals surface area (Å²) < 4.78 is 37.7. The second-order valence-corrected chi connectivity index (χ2v) is 4.61. The Balaban J connectivity index is 1.97. The van der Waals surface area contributed by atoms with E-state index in [1.165, 1.54) is 24.3 Å². The second-order valence-electron chi connectivity index (χ2n) is 3.64. The number of ether oxygens (including phenoxy) is 1. The molecule has 0 aromatic heterocycles. The third kappa shape index (κ3) is 3.38. The minimum Gasteiger partial charge on any atom is -0.489 e. The number of hydrogen-bond acceptors (Lipinski definition) is 2. The van der Waals surface area contributed by atoms with Crippen LogP contribution in [0.3, 0.4) is 0 Å². The molecule has 0 aliphatic heterocycles. The Morgan fingerprint density at radius 1 is 1.06 bits per heavy atom. The molecule has 94 valence electrons. The lowest BCUT2D eigenvalue weighted by molar-refractivity contribution is 0.306. The minimum absolute atomic E-state index is 0.284. The SMILES string of the molecule is O=S(O)c1ccc(OCc2ccc(F)cc2)cc1. The zero-order chi connectivity index (χ0) is 13.0. The lowest BCUT2D eigenvalue weighted by Gasteiger charge is -2.06. The predicted molar refractivity (Wildman–Crippen MR) is 66.2 cm³/mol. The maximum Gasteiger partial charge on any atom is 0.186 e. The summed E-state index contributed by atoms with van der Waals surface area (Å²) in [6, 6.07) is 12.3. The fourth-order valence-corrected chi connectivity index (χ4v) is 1.77. The van der Waals surface area contributed by atoms with E-state index >= 15 is 0 Å². The van der Waals surface area contributed by atoms with E-state index in [0.29, 0.717) is 17.3 Å². The Morgan fingerprint density at radius 2 is 1.67 bits per heavy atom. The fraction of sp³-hybridized carbons (Fsp3) is 0.0769. The van der Waals surface area contributed by atoms with Gasteiger partial charge >= 0.3 is 0 Å². The quantitative estimate of drug-likeness (QED) is 0.865. The van der Waals surface area contributed by atoms with Crippen LogP contribution in [0, 0.1) is 5.82 Å². The van der Waals surface area contributed by atoms with E-state index in [4.69, 9.17) is 9.29 Å². The molecule has 3 nitrogen and oxygen atoms in total. The van der Waals surface area contributed by atoms with Gasteiger partial charge in [0, 0.05) is 0 Å². The van der Waals surface area contributed by atoms with Crippen molar-refractivity contribution >= 4 is 11.1 Å². The highest BCUT2D eigenvalue weighted by Gasteiger charge is 2.00. The van der Waals surface area contributed by atoms with Gasteiger partial charge < -0.3 is 9.29 Å². The molecule has 0 spiro atoms. The number of benzene rings is 2. The summed E-state index contributed by atoms with van der Waals surface area (Å²) in [4.78, 5) is 0.323. The van der Waals surface area contributed by atoms with Gasteiger partial charge in [0.15, 0.2) is 11.1 Å². The van der Waals surface area contributed by atoms with Gasteiger partial charge in [0.1, 0.15) is 18.2 Å². The standard InChI is InChI=1S/C13H11FO3S/c14-11-3-1-10(2-4-11)9-17-12-5-7-13(8-6-12)18(15)16/h1-8H,9H2,(H,15,16). The zero-order valence-electron chi connectivity index (χ0n) is 9.38. The maximum atomic E-state index is 12.7. The van der Waals surface area contributed by atoms with E-state index in [1.54, 1.807) is 24.3 Å². The molecule has 0 heterocycles. The molecular weight excluding hydrogens is 255 g/mol. The lowest BCUT2D eigenvalue weighted by atomic mass is 10.2. The van der Waals surface area contributed by atoms with Gasteiger partial charge in [-0.25, -0.2) is 8.60 Å². The molecule has 18 heavy (non-hydrogen) atoms. The van der Waals surface area contributed by atoms with E-state index in [9.17, 15) is 8.60 Å². The van der Waals surface area contributed by atoms with Crippen LogP contribution in [0.2, 0.25) is 0 Å². The highest BCUT2D eigenvalue weighted by atomic mass is 32.2. The summed E-state index contributed by atoms with van der Waals surface area (Å²) in [5.74, 6) is 0.307. The smallest absolute Gasteiger partial charge is 0.186 e. The van der Waals surface area contributed by atoms with Crippen LogP contribution in [-0.2, 0) is 17.7 Å². The number of rotatable bonds is 4. The molecule has 0 aliphatic rings. The molecular formula is C13H11FO3S. The van der Waals surface area contributed by atoms with Crippen molar-refractivity contribution in [3.63, 3.8) is 0 Å². The first kappa shape index (κ1) is 12.7. The summed E-state index contributed by atoms with van der Waals surface area (Å²) in [6.07, 6.45) is 0. The topological polar surface area (TPSA) is 46.5 Å². The first-order valence-corrected chi connectivity index (χ1v) is 6.34. The fourth-order valence-electron chi connectivity index (χ4n) is 1.40. The van der Waals surface area contributed by atoms with E-state index in [2.05, 4.69) is 0 Å². The summed E-state index contributed by atoms with van der Waals surface area (Å²) in [7, 11) is 0. The first-order chi connectivity index (χ1) is 8.65. The molecule has 2 aromatic rings. The summed E-state index contributed by atoms with van der Waals surface area (Å²) in [6.45, 7) is 0.321. The monoisotopic (exact) mass is 266 g/mol. The van der Waals surface area contributed by atoms with Crippen LogP contribution < -0.4 is 4.74 Å². The molecule has 0 aliphatic carbocycles. The minimum atomic E-state index is -1.98. The van der Waals surface area contributed by atoms with Crippen molar-refractivity contribution < 1.29 is 17.9 Å². The molecule has 5 heteroatoms. The third-order valence-corrected chi connectivity index (χ3v) is 3.02. The molecule has 0 fully saturated rings. The average molecular weight is 266 g/mol. The second kappa shape index (κ2) is 5.75. The molecule has 0 radical (unpaired) electrons. The Kier molecular flexibility index (Phi) is 4.07. The highest BCUT2D eigenvalue weighted by Crippen LogP contribution is 2.15. The summed E-state index contributed by atoms with van der Waals surface area (Å²) >= 11 is -1.98. The van der Waals surface area contributed by atoms with E-state index in [1.807, 2.05) is 0 Å². The number of halogens is 1. The van der Waals surface area contributed by atoms with Gasteiger partial charge in [-0.05, 0) is 42.0 Å². The van der Waals surface area contributed by atoms with Crippen LogP contribution in [0.25, 0.3) is 0 Å². The largest absolute Gasteiger partial charge is 0.489 e. The molecule has 0 saturated heterocycles. The number of hydrogen-bond donors (Lipinski definition) is 1. The molecule has 2 rings (SSSR count). The van der Waals surface area contributed by atoms with E-state index in [-0.39, 0.29) is 5.82 Å². The van der Waals surface area contributed by atoms with Gasteiger partial charge in [0.05, 0.1) is 4.90 Å². The summed E-state index contributed by atoms with van der Waals surface area (Å²) in [5.41, 5.74) is 0.853. The normalized spacial score (nSPS) is 12.1. The molecule has 1 N–H and O–H groups in total. The van der Waals surface area contributed by atoms with Gasteiger partial charge in [-0.1, -0.05) is 12.1 Å². The maximum absolute atomic E-state index is 12.7. The molecule has 0 saturated carbocycles. The van der Waals surface area contributed by atoms with Crippen LogP contribution in [0.1, 0.15) is 5.56 Å². The summed E-state index contributed by atoms with van der Waals surface area (Å²) in [5, 5.41) is 0. The van der Waals surface area contributed by atoms with Crippen LogP contribution >= 0.6 is 0 Å². The Bertz CT molecular complexity index is 537. The molecule has 1 atom stereocenters. The van der Waals surface area contributed by atoms with Crippen LogP contribution in [0.4, 0.5) is 4.39 Å². The van der Waals surface area contributed by atoms with Crippen LogP contribution in [0.15, 0.2) is 53.4 Å². The van der Waals surface area contributed by atoms with Crippen molar-refractivity contribution in [3.05, 3.63) is 59.9 Å². The van der Waals surface area contributed by atoms with Crippen molar-refractivity contribution in [2.75, 3.05) is 0 Å². The van der Waals surface area contributed by atoms with Crippen molar-refractivity contribution in [3.8, 4) is 5.75 Å². The zero-order valence-corrected chi connectivity index (χ0v) is 10.2. The Morgan fingerprint density at radius 3 is 2.22 bits per heavy atom. The van der Waals surface area contributed by atoms with Gasteiger partial charge in [0.25, 0.3) is 0 Å². The molecule has 0 bridgehead atoms. The van der Waals surface area contributed by atoms with Crippen molar-refractivity contribution in [2.24, 2.45) is 0 Å². The third-order valence-electron chi connectivity index (χ3n) is 2.34. The molecule has 1 unspecified atom stereocenters. The van der Waals surface area contributed by atoms with Crippen molar-refractivity contribution in [1.29, 1.82) is 0 Å². The predicted octanol–water partition coefficient (Wildman–Crippen LogP) is 2.99. The van der Waals surface area contributed by atoms with Crippen molar-refractivity contribution in [1.82, 2.24) is 0 Å².